The van der Waals surface area contributed by atoms with Crippen LogP contribution in [0, 0.1) is 0 Å². The Labute approximate surface area is 121 Å². The third kappa shape index (κ3) is 2.94. The summed E-state index contributed by atoms with van der Waals surface area (Å²) in [6.07, 6.45) is 6.68. The SMILES string of the molecule is CCn1cc([C@H]2OCCC[C@@H]2NC(=O)c2ncn[nH]2)cn1. The molecule has 1 amide bonds. The molecule has 1 fully saturated rings. The number of ether oxygens (including phenoxy) is 1. The molecule has 3 heterocycles. The third-order valence-electron chi connectivity index (χ3n) is 3.57. The molecular formula is C13H18N6O2. The van der Waals surface area contributed by atoms with Crippen molar-refractivity contribution in [2.24, 2.45) is 0 Å². The van der Waals surface area contributed by atoms with Crippen molar-refractivity contribution in [2.75, 3.05) is 6.61 Å². The molecule has 21 heavy (non-hydrogen) atoms. The molecule has 1 aliphatic heterocycles. The van der Waals surface area contributed by atoms with E-state index in [-0.39, 0.29) is 23.9 Å². The average Bonchev–Trinajstić information content (AvgIpc) is 3.19. The van der Waals surface area contributed by atoms with Crippen LogP contribution in [0.1, 0.15) is 42.1 Å². The summed E-state index contributed by atoms with van der Waals surface area (Å²) in [5.74, 6) is -0.0561. The van der Waals surface area contributed by atoms with Gasteiger partial charge in [0.25, 0.3) is 5.91 Å². The third-order valence-corrected chi connectivity index (χ3v) is 3.57. The highest BCUT2D eigenvalue weighted by atomic mass is 16.5. The molecule has 1 aliphatic rings. The second-order valence-electron chi connectivity index (χ2n) is 4.98. The van der Waals surface area contributed by atoms with Crippen LogP contribution in [-0.4, -0.2) is 43.5 Å². The van der Waals surface area contributed by atoms with Crippen LogP contribution < -0.4 is 5.32 Å². The van der Waals surface area contributed by atoms with Gasteiger partial charge in [-0.3, -0.25) is 14.6 Å². The Morgan fingerprint density at radius 3 is 3.24 bits per heavy atom. The van der Waals surface area contributed by atoms with Gasteiger partial charge in [0, 0.05) is 24.9 Å². The molecule has 2 atom stereocenters. The molecular weight excluding hydrogens is 272 g/mol. The van der Waals surface area contributed by atoms with Crippen molar-refractivity contribution in [3.05, 3.63) is 30.1 Å². The van der Waals surface area contributed by atoms with Gasteiger partial charge in [0.1, 0.15) is 12.4 Å². The average molecular weight is 290 g/mol. The molecule has 8 heteroatoms. The van der Waals surface area contributed by atoms with Gasteiger partial charge in [0.15, 0.2) is 0 Å². The Morgan fingerprint density at radius 2 is 2.52 bits per heavy atom. The zero-order valence-corrected chi connectivity index (χ0v) is 11.8. The summed E-state index contributed by atoms with van der Waals surface area (Å²) in [6.45, 7) is 3.53. The topological polar surface area (TPSA) is 97.7 Å². The van der Waals surface area contributed by atoms with E-state index in [4.69, 9.17) is 4.74 Å². The first-order valence-corrected chi connectivity index (χ1v) is 7.08. The minimum absolute atomic E-state index is 0.0918. The van der Waals surface area contributed by atoms with Gasteiger partial charge in [-0.1, -0.05) is 0 Å². The van der Waals surface area contributed by atoms with Crippen molar-refractivity contribution in [3.8, 4) is 0 Å². The molecule has 0 aliphatic carbocycles. The number of rotatable bonds is 4. The predicted octanol–water partition coefficient (Wildman–Crippen LogP) is 0.671. The fraction of sp³-hybridized carbons (Fsp3) is 0.538. The van der Waals surface area contributed by atoms with Gasteiger partial charge in [0.05, 0.1) is 12.2 Å². The van der Waals surface area contributed by atoms with E-state index in [1.165, 1.54) is 6.33 Å². The molecule has 2 N–H and O–H groups in total. The van der Waals surface area contributed by atoms with E-state index < -0.39 is 0 Å². The molecule has 3 rings (SSSR count). The highest BCUT2D eigenvalue weighted by Crippen LogP contribution is 2.28. The molecule has 0 saturated carbocycles. The van der Waals surface area contributed by atoms with Crippen LogP contribution in [0.2, 0.25) is 0 Å². The fourth-order valence-electron chi connectivity index (χ4n) is 2.51. The van der Waals surface area contributed by atoms with E-state index >= 15 is 0 Å². The normalized spacial score (nSPS) is 22.1. The molecule has 112 valence electrons. The van der Waals surface area contributed by atoms with E-state index in [1.807, 2.05) is 17.8 Å². The molecule has 0 aromatic carbocycles. The maximum atomic E-state index is 12.1. The standard InChI is InChI=1S/C13H18N6O2/c1-2-19-7-9(6-16-19)11-10(4-3-5-21-11)17-13(20)12-14-8-15-18-12/h6-8,10-11H,2-5H2,1H3,(H,17,20)(H,14,15,18)/t10-,11+/m0/s1. The number of aromatic amines is 1. The maximum Gasteiger partial charge on any atom is 0.288 e. The van der Waals surface area contributed by atoms with Crippen LogP contribution in [0.3, 0.4) is 0 Å². The Kier molecular flexibility index (Phi) is 3.96. The summed E-state index contributed by atoms with van der Waals surface area (Å²) in [6, 6.07) is -0.0918. The first kappa shape index (κ1) is 13.7. The molecule has 8 nitrogen and oxygen atoms in total. The zero-order valence-electron chi connectivity index (χ0n) is 11.8. The van der Waals surface area contributed by atoms with Gasteiger partial charge in [-0.25, -0.2) is 4.98 Å². The molecule has 2 aromatic rings. The zero-order chi connectivity index (χ0) is 14.7. The van der Waals surface area contributed by atoms with E-state index in [1.54, 1.807) is 6.20 Å². The second-order valence-corrected chi connectivity index (χ2v) is 4.98. The van der Waals surface area contributed by atoms with E-state index in [9.17, 15) is 4.79 Å². The van der Waals surface area contributed by atoms with Gasteiger partial charge >= 0.3 is 0 Å². The van der Waals surface area contributed by atoms with E-state index in [0.29, 0.717) is 6.61 Å². The number of amides is 1. The van der Waals surface area contributed by atoms with E-state index in [2.05, 4.69) is 25.6 Å². The lowest BCUT2D eigenvalue weighted by atomic mass is 9.98. The number of hydrogen-bond acceptors (Lipinski definition) is 5. The summed E-state index contributed by atoms with van der Waals surface area (Å²) in [7, 11) is 0. The van der Waals surface area contributed by atoms with Crippen molar-refractivity contribution in [1.82, 2.24) is 30.3 Å². The number of aryl methyl sites for hydroxylation is 1. The van der Waals surface area contributed by atoms with Gasteiger partial charge in [0.2, 0.25) is 5.82 Å². The van der Waals surface area contributed by atoms with Crippen molar-refractivity contribution in [1.29, 1.82) is 0 Å². The lowest BCUT2D eigenvalue weighted by molar-refractivity contribution is -0.00961. The van der Waals surface area contributed by atoms with Gasteiger partial charge in [-0.2, -0.15) is 10.2 Å². The van der Waals surface area contributed by atoms with Gasteiger partial charge < -0.3 is 10.1 Å². The van der Waals surface area contributed by atoms with Crippen LogP contribution in [0.15, 0.2) is 18.7 Å². The molecule has 0 radical (unpaired) electrons. The molecule has 1 saturated heterocycles. The highest BCUT2D eigenvalue weighted by Gasteiger charge is 2.30. The predicted molar refractivity (Wildman–Crippen MR) is 73.5 cm³/mol. The Bertz CT molecular complexity index is 594. The van der Waals surface area contributed by atoms with Gasteiger partial charge in [-0.15, -0.1) is 0 Å². The summed E-state index contributed by atoms with van der Waals surface area (Å²) >= 11 is 0. The first-order chi connectivity index (χ1) is 10.3. The lowest BCUT2D eigenvalue weighted by Crippen LogP contribution is -2.43. The fourth-order valence-corrected chi connectivity index (χ4v) is 2.51. The molecule has 0 bridgehead atoms. The monoisotopic (exact) mass is 290 g/mol. The second kappa shape index (κ2) is 6.04. The van der Waals surface area contributed by atoms with Crippen molar-refractivity contribution in [3.63, 3.8) is 0 Å². The number of aromatic nitrogens is 5. The van der Waals surface area contributed by atoms with Crippen molar-refractivity contribution < 1.29 is 9.53 Å². The minimum atomic E-state index is -0.268. The molecule has 0 spiro atoms. The number of nitrogens with zero attached hydrogens (tertiary/aromatic N) is 4. The number of hydrogen-bond donors (Lipinski definition) is 2. The summed E-state index contributed by atoms with van der Waals surface area (Å²) < 4.78 is 7.69. The quantitative estimate of drug-likeness (QED) is 0.862. The smallest absolute Gasteiger partial charge is 0.288 e. The van der Waals surface area contributed by atoms with Crippen molar-refractivity contribution >= 4 is 5.91 Å². The summed E-state index contributed by atoms with van der Waals surface area (Å²) in [5.41, 5.74) is 0.986. The lowest BCUT2D eigenvalue weighted by Gasteiger charge is -2.31. The summed E-state index contributed by atoms with van der Waals surface area (Å²) in [4.78, 5) is 16.0. The number of nitrogens with one attached hydrogen (secondary N) is 2. The Balaban J connectivity index is 1.73. The van der Waals surface area contributed by atoms with Gasteiger partial charge in [-0.05, 0) is 19.8 Å². The van der Waals surface area contributed by atoms with Crippen LogP contribution >= 0.6 is 0 Å². The first-order valence-electron chi connectivity index (χ1n) is 7.08. The van der Waals surface area contributed by atoms with Crippen LogP contribution in [-0.2, 0) is 11.3 Å². The Morgan fingerprint density at radius 1 is 1.62 bits per heavy atom. The number of carbonyl (C=O) groups is 1. The Hall–Kier alpha value is -2.22. The minimum Gasteiger partial charge on any atom is -0.371 e. The van der Waals surface area contributed by atoms with Crippen LogP contribution in [0.25, 0.3) is 0 Å². The van der Waals surface area contributed by atoms with Crippen LogP contribution in [0.5, 0.6) is 0 Å². The maximum absolute atomic E-state index is 12.1. The largest absolute Gasteiger partial charge is 0.371 e. The highest BCUT2D eigenvalue weighted by molar-refractivity contribution is 5.90. The molecule has 2 aromatic heterocycles. The number of carbonyl (C=O) groups excluding carboxylic acids is 1. The molecule has 0 unspecified atom stereocenters. The number of H-pyrrole nitrogens is 1. The van der Waals surface area contributed by atoms with Crippen molar-refractivity contribution in [2.45, 2.75) is 38.5 Å². The van der Waals surface area contributed by atoms with Crippen LogP contribution in [0.4, 0.5) is 0 Å². The van der Waals surface area contributed by atoms with E-state index in [0.717, 1.165) is 24.9 Å². The summed E-state index contributed by atoms with van der Waals surface area (Å²) in [5, 5.41) is 13.5.